The normalized spacial score (nSPS) is 10.5. The molecule has 22 heavy (non-hydrogen) atoms. The van der Waals surface area contributed by atoms with Crippen molar-refractivity contribution in [3.05, 3.63) is 63.1 Å². The fraction of sp³-hybridized carbons (Fsp3) is 0.278. The van der Waals surface area contributed by atoms with E-state index in [0.29, 0.717) is 11.6 Å². The highest BCUT2D eigenvalue weighted by Crippen LogP contribution is 2.27. The predicted molar refractivity (Wildman–Crippen MR) is 96.5 cm³/mol. The molecule has 0 atom stereocenters. The van der Waals surface area contributed by atoms with Crippen molar-refractivity contribution >= 4 is 39.1 Å². The third-order valence-electron chi connectivity index (χ3n) is 3.49. The van der Waals surface area contributed by atoms with E-state index in [4.69, 9.17) is 11.6 Å². The molecule has 1 amide bonds. The van der Waals surface area contributed by atoms with Gasteiger partial charge in [0.2, 0.25) is 5.91 Å². The molecule has 4 heteroatoms. The first kappa shape index (κ1) is 17.0. The van der Waals surface area contributed by atoms with Crippen molar-refractivity contribution in [2.75, 3.05) is 4.90 Å². The summed E-state index contributed by atoms with van der Waals surface area (Å²) in [5.41, 5.74) is 3.15. The zero-order valence-corrected chi connectivity index (χ0v) is 15.1. The van der Waals surface area contributed by atoms with Crippen molar-refractivity contribution in [2.24, 2.45) is 0 Å². The fourth-order valence-electron chi connectivity index (χ4n) is 2.43. The zero-order chi connectivity index (χ0) is 16.1. The van der Waals surface area contributed by atoms with Gasteiger partial charge in [-0.15, -0.1) is 0 Å². The van der Waals surface area contributed by atoms with E-state index in [-0.39, 0.29) is 5.91 Å². The summed E-state index contributed by atoms with van der Waals surface area (Å²) in [6.07, 6.45) is 1.91. The van der Waals surface area contributed by atoms with Gasteiger partial charge in [-0.3, -0.25) is 4.79 Å². The van der Waals surface area contributed by atoms with Crippen LogP contribution in [-0.4, -0.2) is 5.91 Å². The Hall–Kier alpha value is -1.32. The van der Waals surface area contributed by atoms with Crippen molar-refractivity contribution in [1.82, 2.24) is 0 Å². The summed E-state index contributed by atoms with van der Waals surface area (Å²) in [4.78, 5) is 14.0. The van der Waals surface area contributed by atoms with Crippen LogP contribution in [0.3, 0.4) is 0 Å². The van der Waals surface area contributed by atoms with Crippen LogP contribution in [0.1, 0.15) is 31.4 Å². The largest absolute Gasteiger partial charge is 0.308 e. The number of aryl methyl sites for hydroxylation is 1. The second-order valence-electron chi connectivity index (χ2n) is 5.25. The van der Waals surface area contributed by atoms with Crippen LogP contribution in [0, 0.1) is 0 Å². The summed E-state index contributed by atoms with van der Waals surface area (Å²) in [6, 6.07) is 13.8. The lowest BCUT2D eigenvalue weighted by Gasteiger charge is -2.24. The highest BCUT2D eigenvalue weighted by molar-refractivity contribution is 9.10. The minimum Gasteiger partial charge on any atom is -0.308 e. The summed E-state index contributed by atoms with van der Waals surface area (Å²) in [5.74, 6) is 0.0302. The first-order valence-corrected chi connectivity index (χ1v) is 8.49. The van der Waals surface area contributed by atoms with Gasteiger partial charge in [-0.1, -0.05) is 53.0 Å². The highest BCUT2D eigenvalue weighted by Gasteiger charge is 2.16. The standard InChI is InChI=1S/C18H19BrClNO/c1-3-4-15-11-17(20)9-10-18(15)21(13(2)22)12-14-5-7-16(19)8-6-14/h5-11H,3-4,12H2,1-2H3. The lowest BCUT2D eigenvalue weighted by molar-refractivity contribution is -0.116. The Morgan fingerprint density at radius 2 is 1.86 bits per heavy atom. The maximum absolute atomic E-state index is 12.1. The summed E-state index contributed by atoms with van der Waals surface area (Å²) in [5, 5.41) is 0.708. The van der Waals surface area contributed by atoms with E-state index < -0.39 is 0 Å². The monoisotopic (exact) mass is 379 g/mol. The summed E-state index contributed by atoms with van der Waals surface area (Å²) in [6.45, 7) is 4.28. The summed E-state index contributed by atoms with van der Waals surface area (Å²) >= 11 is 9.54. The molecule has 2 nitrogen and oxygen atoms in total. The van der Waals surface area contributed by atoms with Gasteiger partial charge >= 0.3 is 0 Å². The van der Waals surface area contributed by atoms with Crippen LogP contribution in [0.2, 0.25) is 5.02 Å². The van der Waals surface area contributed by atoms with Crippen LogP contribution < -0.4 is 4.90 Å². The second-order valence-corrected chi connectivity index (χ2v) is 6.61. The predicted octanol–water partition coefficient (Wildman–Crippen LogP) is 5.61. The number of nitrogens with zero attached hydrogens (tertiary/aromatic N) is 1. The number of carbonyl (C=O) groups is 1. The van der Waals surface area contributed by atoms with Crippen LogP contribution in [0.4, 0.5) is 5.69 Å². The molecule has 2 rings (SSSR count). The van der Waals surface area contributed by atoms with Crippen molar-refractivity contribution in [1.29, 1.82) is 0 Å². The van der Waals surface area contributed by atoms with E-state index in [0.717, 1.165) is 34.1 Å². The maximum atomic E-state index is 12.1. The van der Waals surface area contributed by atoms with E-state index in [1.807, 2.05) is 47.4 Å². The summed E-state index contributed by atoms with van der Waals surface area (Å²) in [7, 11) is 0. The highest BCUT2D eigenvalue weighted by atomic mass is 79.9. The molecule has 0 aliphatic carbocycles. The van der Waals surface area contributed by atoms with Gasteiger partial charge in [-0.05, 0) is 47.9 Å². The molecule has 2 aromatic rings. The molecule has 0 radical (unpaired) electrons. The lowest BCUT2D eigenvalue weighted by atomic mass is 10.1. The van der Waals surface area contributed by atoms with Gasteiger partial charge in [-0.2, -0.15) is 0 Å². The van der Waals surface area contributed by atoms with Gasteiger partial charge in [0.15, 0.2) is 0 Å². The van der Waals surface area contributed by atoms with Gasteiger partial charge in [0.1, 0.15) is 0 Å². The maximum Gasteiger partial charge on any atom is 0.224 e. The average Bonchev–Trinajstić information content (AvgIpc) is 2.47. The number of amides is 1. The van der Waals surface area contributed by atoms with Gasteiger partial charge < -0.3 is 4.90 Å². The fourth-order valence-corrected chi connectivity index (χ4v) is 2.88. The number of carbonyl (C=O) groups excluding carboxylic acids is 1. The molecule has 0 bridgehead atoms. The van der Waals surface area contributed by atoms with Gasteiger partial charge in [-0.25, -0.2) is 0 Å². The van der Waals surface area contributed by atoms with Gasteiger partial charge in [0.05, 0.1) is 6.54 Å². The number of rotatable bonds is 5. The minimum atomic E-state index is 0.0302. The van der Waals surface area contributed by atoms with Crippen molar-refractivity contribution < 1.29 is 4.79 Å². The van der Waals surface area contributed by atoms with Crippen molar-refractivity contribution in [2.45, 2.75) is 33.2 Å². The first-order valence-electron chi connectivity index (χ1n) is 7.32. The number of halogens is 2. The summed E-state index contributed by atoms with van der Waals surface area (Å²) < 4.78 is 1.03. The third kappa shape index (κ3) is 4.34. The Balaban J connectivity index is 2.35. The van der Waals surface area contributed by atoms with Crippen LogP contribution in [0.15, 0.2) is 46.9 Å². The topological polar surface area (TPSA) is 20.3 Å². The van der Waals surface area contributed by atoms with Crippen molar-refractivity contribution in [3.63, 3.8) is 0 Å². The van der Waals surface area contributed by atoms with Crippen LogP contribution in [0.5, 0.6) is 0 Å². The molecule has 0 spiro atoms. The average molecular weight is 381 g/mol. The Morgan fingerprint density at radius 1 is 1.18 bits per heavy atom. The Morgan fingerprint density at radius 3 is 2.45 bits per heavy atom. The Bertz CT molecular complexity index is 655. The molecule has 2 aromatic carbocycles. The quantitative estimate of drug-likeness (QED) is 0.660. The van der Waals surface area contributed by atoms with E-state index in [2.05, 4.69) is 22.9 Å². The number of benzene rings is 2. The molecule has 0 aliphatic rings. The molecule has 0 saturated carbocycles. The molecule has 0 unspecified atom stereocenters. The number of hydrogen-bond donors (Lipinski definition) is 0. The van der Waals surface area contributed by atoms with Crippen LogP contribution in [0.25, 0.3) is 0 Å². The van der Waals surface area contributed by atoms with E-state index in [1.54, 1.807) is 6.92 Å². The smallest absolute Gasteiger partial charge is 0.224 e. The van der Waals surface area contributed by atoms with Gasteiger partial charge in [0.25, 0.3) is 0 Å². The van der Waals surface area contributed by atoms with Crippen LogP contribution >= 0.6 is 27.5 Å². The molecular formula is C18H19BrClNO. The van der Waals surface area contributed by atoms with Gasteiger partial charge in [0, 0.05) is 22.1 Å². The molecule has 0 aromatic heterocycles. The molecule has 0 saturated heterocycles. The second kappa shape index (κ2) is 7.80. The molecule has 116 valence electrons. The molecule has 0 N–H and O–H groups in total. The Kier molecular flexibility index (Phi) is 6.04. The van der Waals surface area contributed by atoms with E-state index >= 15 is 0 Å². The SMILES string of the molecule is CCCc1cc(Cl)ccc1N(Cc1ccc(Br)cc1)C(C)=O. The minimum absolute atomic E-state index is 0.0302. The van der Waals surface area contributed by atoms with E-state index in [1.165, 1.54) is 0 Å². The first-order chi connectivity index (χ1) is 10.5. The zero-order valence-electron chi connectivity index (χ0n) is 12.8. The number of anilines is 1. The number of hydrogen-bond acceptors (Lipinski definition) is 1. The third-order valence-corrected chi connectivity index (χ3v) is 4.25. The molecule has 0 fully saturated rings. The van der Waals surface area contributed by atoms with Crippen molar-refractivity contribution in [3.8, 4) is 0 Å². The van der Waals surface area contributed by atoms with E-state index in [9.17, 15) is 4.79 Å². The lowest BCUT2D eigenvalue weighted by Crippen LogP contribution is -2.28. The molecule has 0 heterocycles. The molecular weight excluding hydrogens is 362 g/mol. The van der Waals surface area contributed by atoms with Crippen LogP contribution in [-0.2, 0) is 17.8 Å². The molecule has 0 aliphatic heterocycles. The Labute approximate surface area is 145 Å².